The smallest absolute Gasteiger partial charge is 0.330 e. The molecule has 0 heterocycles. The highest BCUT2D eigenvalue weighted by molar-refractivity contribution is 5.91. The van der Waals surface area contributed by atoms with Gasteiger partial charge in [-0.3, -0.25) is 15.0 Å². The number of carbonyl (C=O) groups excluding carboxylic acids is 3. The molecule has 0 unspecified atom stereocenters. The summed E-state index contributed by atoms with van der Waals surface area (Å²) in [6.45, 7) is 4.27. The van der Waals surface area contributed by atoms with Gasteiger partial charge < -0.3 is 11.1 Å². The van der Waals surface area contributed by atoms with Crippen LogP contribution in [0.5, 0.6) is 0 Å². The molecule has 0 atom stereocenters. The zero-order valence-electron chi connectivity index (χ0n) is 8.30. The van der Waals surface area contributed by atoms with Crippen LogP contribution in [0.15, 0.2) is 0 Å². The fourth-order valence-corrected chi connectivity index (χ4v) is 0.771. The molecule has 0 aliphatic heterocycles. The molecule has 4 amide bonds. The monoisotopic (exact) mass is 202 g/mol. The van der Waals surface area contributed by atoms with Crippen molar-refractivity contribution in [2.24, 2.45) is 5.73 Å². The largest absolute Gasteiger partial charge is 0.350 e. The van der Waals surface area contributed by atoms with E-state index in [2.05, 4.69) is 5.32 Å². The first kappa shape index (κ1) is 12.2. The van der Waals surface area contributed by atoms with Gasteiger partial charge in [0, 0.05) is 6.92 Å². The van der Waals surface area contributed by atoms with Crippen LogP contribution >= 0.6 is 0 Å². The molecule has 7 heteroatoms. The lowest BCUT2D eigenvalue weighted by Gasteiger charge is -2.23. The minimum Gasteiger partial charge on any atom is -0.350 e. The fourth-order valence-electron chi connectivity index (χ4n) is 0.771. The molecule has 0 saturated heterocycles. The summed E-state index contributed by atoms with van der Waals surface area (Å²) in [6.07, 6.45) is 0. The molecule has 0 aliphatic rings. The van der Waals surface area contributed by atoms with E-state index in [0.29, 0.717) is 0 Å². The Hall–Kier alpha value is -1.79. The first-order chi connectivity index (χ1) is 6.25. The van der Waals surface area contributed by atoms with Crippen molar-refractivity contribution in [2.75, 3.05) is 0 Å². The van der Waals surface area contributed by atoms with Gasteiger partial charge in [0.2, 0.25) is 5.91 Å². The lowest BCUT2D eigenvalue weighted by atomic mass is 10.1. The Balaban J connectivity index is 4.21. The van der Waals surface area contributed by atoms with Gasteiger partial charge in [-0.2, -0.15) is 0 Å². The normalized spacial score (nSPS) is 10.2. The van der Waals surface area contributed by atoms with Crippen LogP contribution in [-0.2, 0) is 9.59 Å². The number of amides is 4. The predicted octanol–water partition coefficient (Wildman–Crippen LogP) is -1.40. The standard InChI is InChI=1S/C7H14N4O3/c1-4(12)9-7(2,3)5(13)10-11-6(8)14/h1-3H3,(H,9,12)(H,10,13)(H3,8,11,14). The summed E-state index contributed by atoms with van der Waals surface area (Å²) in [5.74, 6) is -0.907. The number of carbonyl (C=O) groups is 3. The summed E-state index contributed by atoms with van der Waals surface area (Å²) >= 11 is 0. The number of primary amides is 1. The van der Waals surface area contributed by atoms with Crippen LogP contribution in [0.3, 0.4) is 0 Å². The fraction of sp³-hybridized carbons (Fsp3) is 0.571. The van der Waals surface area contributed by atoms with Gasteiger partial charge in [-0.05, 0) is 13.8 Å². The number of hydrogen-bond donors (Lipinski definition) is 4. The number of nitrogens with two attached hydrogens (primary N) is 1. The van der Waals surface area contributed by atoms with Crippen LogP contribution < -0.4 is 21.9 Å². The molecule has 5 N–H and O–H groups in total. The summed E-state index contributed by atoms with van der Waals surface area (Å²) < 4.78 is 0. The summed E-state index contributed by atoms with van der Waals surface area (Å²) in [7, 11) is 0. The average Bonchev–Trinajstić information content (AvgIpc) is 1.97. The Morgan fingerprint density at radius 3 is 2.00 bits per heavy atom. The highest BCUT2D eigenvalue weighted by Crippen LogP contribution is 2.00. The number of hydrogen-bond acceptors (Lipinski definition) is 3. The third-order valence-corrected chi connectivity index (χ3v) is 1.36. The molecular weight excluding hydrogens is 188 g/mol. The molecule has 14 heavy (non-hydrogen) atoms. The average molecular weight is 202 g/mol. The SMILES string of the molecule is CC(=O)NC(C)(C)C(=O)NNC(N)=O. The lowest BCUT2D eigenvalue weighted by Crippen LogP contribution is -2.58. The summed E-state index contributed by atoms with van der Waals surface area (Å²) in [6, 6.07) is -0.878. The number of rotatable bonds is 2. The third kappa shape index (κ3) is 4.29. The van der Waals surface area contributed by atoms with Crippen molar-refractivity contribution in [3.05, 3.63) is 0 Å². The van der Waals surface area contributed by atoms with E-state index in [1.165, 1.54) is 20.8 Å². The summed E-state index contributed by atoms with van der Waals surface area (Å²) in [5.41, 5.74) is 7.59. The van der Waals surface area contributed by atoms with E-state index in [0.717, 1.165) is 0 Å². The van der Waals surface area contributed by atoms with Gasteiger partial charge in [0.05, 0.1) is 0 Å². The van der Waals surface area contributed by atoms with Crippen molar-refractivity contribution in [2.45, 2.75) is 26.3 Å². The molecule has 0 aromatic heterocycles. The van der Waals surface area contributed by atoms with Gasteiger partial charge in [0.1, 0.15) is 5.54 Å². The second-order valence-electron chi connectivity index (χ2n) is 3.25. The van der Waals surface area contributed by atoms with Crippen LogP contribution in [0, 0.1) is 0 Å². The zero-order chi connectivity index (χ0) is 11.4. The molecule has 0 aliphatic carbocycles. The van der Waals surface area contributed by atoms with Crippen LogP contribution in [0.1, 0.15) is 20.8 Å². The number of nitrogens with one attached hydrogen (secondary N) is 3. The first-order valence-corrected chi connectivity index (χ1v) is 3.90. The highest BCUT2D eigenvalue weighted by Gasteiger charge is 2.28. The van der Waals surface area contributed by atoms with E-state index >= 15 is 0 Å². The van der Waals surface area contributed by atoms with E-state index in [4.69, 9.17) is 5.73 Å². The Kier molecular flexibility index (Phi) is 3.88. The molecular formula is C7H14N4O3. The number of hydrazine groups is 1. The van der Waals surface area contributed by atoms with Gasteiger partial charge in [-0.25, -0.2) is 10.2 Å². The first-order valence-electron chi connectivity index (χ1n) is 3.90. The molecule has 0 aromatic rings. The molecule has 0 saturated carbocycles. The Bertz CT molecular complexity index is 262. The van der Waals surface area contributed by atoms with Gasteiger partial charge >= 0.3 is 6.03 Å². The summed E-state index contributed by atoms with van der Waals surface area (Å²) in [5, 5.41) is 2.40. The number of urea groups is 1. The van der Waals surface area contributed by atoms with Crippen LogP contribution in [0.4, 0.5) is 4.79 Å². The maximum Gasteiger partial charge on any atom is 0.330 e. The molecule has 0 radical (unpaired) electrons. The molecule has 0 fully saturated rings. The predicted molar refractivity (Wildman–Crippen MR) is 48.8 cm³/mol. The van der Waals surface area contributed by atoms with Crippen LogP contribution in [0.2, 0.25) is 0 Å². The van der Waals surface area contributed by atoms with Crippen molar-refractivity contribution in [1.82, 2.24) is 16.2 Å². The van der Waals surface area contributed by atoms with Crippen molar-refractivity contribution < 1.29 is 14.4 Å². The van der Waals surface area contributed by atoms with Crippen molar-refractivity contribution in [1.29, 1.82) is 0 Å². The van der Waals surface area contributed by atoms with Crippen molar-refractivity contribution in [3.8, 4) is 0 Å². The van der Waals surface area contributed by atoms with E-state index in [1.54, 1.807) is 0 Å². The molecule has 0 rings (SSSR count). The molecule has 7 nitrogen and oxygen atoms in total. The summed E-state index contributed by atoms with van der Waals surface area (Å²) in [4.78, 5) is 32.3. The second kappa shape index (κ2) is 4.45. The van der Waals surface area contributed by atoms with E-state index in [-0.39, 0.29) is 5.91 Å². The van der Waals surface area contributed by atoms with Gasteiger partial charge in [0.25, 0.3) is 5.91 Å². The quantitative estimate of drug-likeness (QED) is 0.413. The second-order valence-corrected chi connectivity index (χ2v) is 3.25. The Labute approximate surface area is 81.4 Å². The highest BCUT2D eigenvalue weighted by atomic mass is 16.2. The van der Waals surface area contributed by atoms with E-state index < -0.39 is 17.5 Å². The molecule has 0 spiro atoms. The van der Waals surface area contributed by atoms with Gasteiger partial charge in [0.15, 0.2) is 0 Å². The topological polar surface area (TPSA) is 113 Å². The van der Waals surface area contributed by atoms with Crippen molar-refractivity contribution >= 4 is 17.8 Å². The van der Waals surface area contributed by atoms with Crippen molar-refractivity contribution in [3.63, 3.8) is 0 Å². The minimum atomic E-state index is -1.10. The molecule has 0 aromatic carbocycles. The van der Waals surface area contributed by atoms with E-state index in [1.807, 2.05) is 10.9 Å². The minimum absolute atomic E-state index is 0.343. The third-order valence-electron chi connectivity index (χ3n) is 1.36. The Morgan fingerprint density at radius 2 is 1.64 bits per heavy atom. The van der Waals surface area contributed by atoms with Gasteiger partial charge in [-0.15, -0.1) is 0 Å². The van der Waals surface area contributed by atoms with Gasteiger partial charge in [-0.1, -0.05) is 0 Å². The van der Waals surface area contributed by atoms with E-state index in [9.17, 15) is 14.4 Å². The zero-order valence-corrected chi connectivity index (χ0v) is 8.30. The van der Waals surface area contributed by atoms with Crippen LogP contribution in [0.25, 0.3) is 0 Å². The van der Waals surface area contributed by atoms with Crippen LogP contribution in [-0.4, -0.2) is 23.4 Å². The Morgan fingerprint density at radius 1 is 1.14 bits per heavy atom. The lowest BCUT2D eigenvalue weighted by molar-refractivity contribution is -0.132. The molecule has 0 bridgehead atoms. The maximum atomic E-state index is 11.3. The molecule has 80 valence electrons. The maximum absolute atomic E-state index is 11.3.